The summed E-state index contributed by atoms with van der Waals surface area (Å²) in [5.74, 6) is 0.860. The van der Waals surface area contributed by atoms with Crippen molar-refractivity contribution < 1.29 is 9.53 Å². The fourth-order valence-corrected chi connectivity index (χ4v) is 3.55. The Labute approximate surface area is 142 Å². The maximum atomic E-state index is 12.5. The van der Waals surface area contributed by atoms with Crippen molar-refractivity contribution in [3.8, 4) is 11.8 Å². The number of fused-ring (bicyclic) bond motifs is 1. The number of ether oxygens (including phenoxy) is 1. The first kappa shape index (κ1) is 16.4. The first-order valence-corrected chi connectivity index (χ1v) is 8.42. The molecule has 0 atom stereocenters. The third-order valence-electron chi connectivity index (χ3n) is 4.68. The summed E-state index contributed by atoms with van der Waals surface area (Å²) in [5, 5.41) is 12.8. The van der Waals surface area contributed by atoms with E-state index in [9.17, 15) is 10.1 Å². The molecule has 3 rings (SSSR count). The van der Waals surface area contributed by atoms with E-state index in [0.717, 1.165) is 41.2 Å². The van der Waals surface area contributed by atoms with E-state index in [2.05, 4.69) is 11.4 Å². The monoisotopic (exact) mass is 325 g/mol. The second kappa shape index (κ2) is 5.86. The highest BCUT2D eigenvalue weighted by Gasteiger charge is 2.40. The van der Waals surface area contributed by atoms with Crippen LogP contribution in [0.25, 0.3) is 5.70 Å². The number of likely N-dealkylation sites (tertiary alicyclic amines) is 1. The summed E-state index contributed by atoms with van der Waals surface area (Å²) in [6.45, 7) is 9.39. The molecule has 126 valence electrons. The summed E-state index contributed by atoms with van der Waals surface area (Å²) in [6.07, 6.45) is 1.42. The van der Waals surface area contributed by atoms with E-state index < -0.39 is 5.60 Å². The number of carbonyl (C=O) groups excluding carboxylic acids is 1. The number of amides is 1. The van der Waals surface area contributed by atoms with Crippen molar-refractivity contribution in [2.24, 2.45) is 0 Å². The largest absolute Gasteiger partial charge is 0.481 e. The van der Waals surface area contributed by atoms with Gasteiger partial charge < -0.3 is 15.0 Å². The standard InChI is InChI=1S/C19H23N3O2/c1-5-21-18-17(22-10-6-7-15(22)23)16-12(2)13(11-20)8-9-14(16)24-19(18,3)4/h8-9,21H,5-7,10H2,1-4H3. The molecule has 0 saturated carbocycles. The molecule has 1 fully saturated rings. The first-order chi connectivity index (χ1) is 11.4. The van der Waals surface area contributed by atoms with Gasteiger partial charge in [0.1, 0.15) is 11.4 Å². The lowest BCUT2D eigenvalue weighted by atomic mass is 9.90. The zero-order valence-corrected chi connectivity index (χ0v) is 14.7. The predicted octanol–water partition coefficient (Wildman–Crippen LogP) is 2.94. The molecule has 0 aliphatic carbocycles. The smallest absolute Gasteiger partial charge is 0.227 e. The van der Waals surface area contributed by atoms with Gasteiger partial charge in [-0.2, -0.15) is 5.26 Å². The van der Waals surface area contributed by atoms with Crippen LogP contribution in [0.2, 0.25) is 0 Å². The molecular weight excluding hydrogens is 302 g/mol. The Hall–Kier alpha value is -2.48. The van der Waals surface area contributed by atoms with E-state index in [4.69, 9.17) is 4.74 Å². The first-order valence-electron chi connectivity index (χ1n) is 8.42. The fraction of sp³-hybridized carbons (Fsp3) is 0.474. The van der Waals surface area contributed by atoms with Gasteiger partial charge in [0.25, 0.3) is 0 Å². The molecule has 1 amide bonds. The Morgan fingerprint density at radius 3 is 2.75 bits per heavy atom. The maximum Gasteiger partial charge on any atom is 0.227 e. The Morgan fingerprint density at radius 1 is 1.42 bits per heavy atom. The Balaban J connectivity index is 2.32. The summed E-state index contributed by atoms with van der Waals surface area (Å²) in [7, 11) is 0. The van der Waals surface area contributed by atoms with Gasteiger partial charge in [-0.3, -0.25) is 4.79 Å². The third-order valence-corrected chi connectivity index (χ3v) is 4.68. The Morgan fingerprint density at radius 2 is 2.17 bits per heavy atom. The van der Waals surface area contributed by atoms with Gasteiger partial charge in [0, 0.05) is 25.1 Å². The van der Waals surface area contributed by atoms with Crippen LogP contribution in [-0.4, -0.2) is 29.5 Å². The van der Waals surface area contributed by atoms with Crippen LogP contribution < -0.4 is 10.1 Å². The van der Waals surface area contributed by atoms with Gasteiger partial charge in [0.2, 0.25) is 5.91 Å². The van der Waals surface area contributed by atoms with E-state index in [0.29, 0.717) is 18.5 Å². The summed E-state index contributed by atoms with van der Waals surface area (Å²) in [4.78, 5) is 14.3. The number of likely N-dealkylation sites (N-methyl/N-ethyl adjacent to an activating group) is 1. The van der Waals surface area contributed by atoms with Crippen LogP contribution in [0.1, 0.15) is 50.3 Å². The minimum absolute atomic E-state index is 0.130. The van der Waals surface area contributed by atoms with Crippen molar-refractivity contribution in [2.45, 2.75) is 46.1 Å². The lowest BCUT2D eigenvalue weighted by molar-refractivity contribution is -0.125. The average Bonchev–Trinajstić information content (AvgIpc) is 2.94. The SMILES string of the molecule is CCNC1=C(N2CCCC2=O)c2c(ccc(C#N)c2C)OC1(C)C. The molecule has 1 N–H and O–H groups in total. The summed E-state index contributed by atoms with van der Waals surface area (Å²) >= 11 is 0. The summed E-state index contributed by atoms with van der Waals surface area (Å²) in [5.41, 5.74) is 3.54. The second-order valence-corrected chi connectivity index (χ2v) is 6.74. The molecule has 2 heterocycles. The van der Waals surface area contributed by atoms with E-state index in [1.807, 2.05) is 38.7 Å². The van der Waals surface area contributed by atoms with Gasteiger partial charge in [0.15, 0.2) is 0 Å². The molecule has 5 nitrogen and oxygen atoms in total. The maximum absolute atomic E-state index is 12.5. The molecule has 0 radical (unpaired) electrons. The lowest BCUT2D eigenvalue weighted by Crippen LogP contribution is -2.44. The molecule has 0 spiro atoms. The summed E-state index contributed by atoms with van der Waals surface area (Å²) < 4.78 is 6.22. The number of rotatable bonds is 3. The summed E-state index contributed by atoms with van der Waals surface area (Å²) in [6, 6.07) is 5.86. The number of benzene rings is 1. The number of nitrogens with zero attached hydrogens (tertiary/aromatic N) is 2. The molecular formula is C19H23N3O2. The van der Waals surface area contributed by atoms with Crippen LogP contribution in [0.15, 0.2) is 17.8 Å². The fourth-order valence-electron chi connectivity index (χ4n) is 3.55. The van der Waals surface area contributed by atoms with Crippen molar-refractivity contribution in [1.29, 1.82) is 5.26 Å². The van der Waals surface area contributed by atoms with Crippen LogP contribution in [0.5, 0.6) is 5.75 Å². The molecule has 1 aromatic carbocycles. The third kappa shape index (κ3) is 2.43. The van der Waals surface area contributed by atoms with E-state index in [1.54, 1.807) is 6.07 Å². The number of nitrogens with one attached hydrogen (secondary N) is 1. The molecule has 1 aromatic rings. The van der Waals surface area contributed by atoms with Gasteiger partial charge >= 0.3 is 0 Å². The molecule has 2 aliphatic rings. The zero-order chi connectivity index (χ0) is 17.5. The van der Waals surface area contributed by atoms with Crippen LogP contribution in [-0.2, 0) is 4.79 Å². The van der Waals surface area contributed by atoms with Crippen LogP contribution >= 0.6 is 0 Å². The highest BCUT2D eigenvalue weighted by Crippen LogP contribution is 2.44. The van der Waals surface area contributed by atoms with E-state index in [1.165, 1.54) is 0 Å². The molecule has 0 aromatic heterocycles. The van der Waals surface area contributed by atoms with Crippen LogP contribution in [0.4, 0.5) is 0 Å². The minimum Gasteiger partial charge on any atom is -0.481 e. The predicted molar refractivity (Wildman–Crippen MR) is 92.1 cm³/mol. The molecule has 5 heteroatoms. The molecule has 2 aliphatic heterocycles. The highest BCUT2D eigenvalue weighted by atomic mass is 16.5. The molecule has 24 heavy (non-hydrogen) atoms. The van der Waals surface area contributed by atoms with E-state index >= 15 is 0 Å². The van der Waals surface area contributed by atoms with Gasteiger partial charge in [-0.15, -0.1) is 0 Å². The van der Waals surface area contributed by atoms with E-state index in [-0.39, 0.29) is 5.91 Å². The van der Waals surface area contributed by atoms with Crippen molar-refractivity contribution in [3.05, 3.63) is 34.5 Å². The number of carbonyl (C=O) groups is 1. The lowest BCUT2D eigenvalue weighted by Gasteiger charge is -2.40. The van der Waals surface area contributed by atoms with Crippen molar-refractivity contribution in [1.82, 2.24) is 10.2 Å². The van der Waals surface area contributed by atoms with Gasteiger partial charge in [-0.1, -0.05) is 0 Å². The topological polar surface area (TPSA) is 65.4 Å². The molecule has 0 bridgehead atoms. The quantitative estimate of drug-likeness (QED) is 0.928. The Kier molecular flexibility index (Phi) is 4.00. The number of hydrogen-bond acceptors (Lipinski definition) is 4. The van der Waals surface area contributed by atoms with Crippen molar-refractivity contribution >= 4 is 11.6 Å². The molecule has 1 saturated heterocycles. The number of hydrogen-bond donors (Lipinski definition) is 1. The highest BCUT2D eigenvalue weighted by molar-refractivity contribution is 5.92. The normalized spacial score (nSPS) is 19.0. The van der Waals surface area contributed by atoms with Crippen molar-refractivity contribution in [3.63, 3.8) is 0 Å². The molecule has 0 unspecified atom stereocenters. The zero-order valence-electron chi connectivity index (χ0n) is 14.7. The number of nitriles is 1. The second-order valence-electron chi connectivity index (χ2n) is 6.74. The van der Waals surface area contributed by atoms with Gasteiger partial charge in [-0.05, 0) is 51.8 Å². The minimum atomic E-state index is -0.568. The van der Waals surface area contributed by atoms with Gasteiger partial charge in [-0.25, -0.2) is 0 Å². The van der Waals surface area contributed by atoms with Crippen LogP contribution in [0, 0.1) is 18.3 Å². The average molecular weight is 325 g/mol. The Bertz CT molecular complexity index is 772. The van der Waals surface area contributed by atoms with Gasteiger partial charge in [0.05, 0.1) is 23.0 Å². The van der Waals surface area contributed by atoms with Crippen LogP contribution in [0.3, 0.4) is 0 Å². The van der Waals surface area contributed by atoms with Crippen molar-refractivity contribution in [2.75, 3.05) is 13.1 Å².